The predicted molar refractivity (Wildman–Crippen MR) is 75.7 cm³/mol. The van der Waals surface area contributed by atoms with Crippen molar-refractivity contribution in [2.75, 3.05) is 6.61 Å². The Morgan fingerprint density at radius 1 is 1.00 bits per heavy atom. The number of ether oxygens (including phenoxy) is 2. The van der Waals surface area contributed by atoms with E-state index in [4.69, 9.17) is 14.6 Å². The zero-order chi connectivity index (χ0) is 14.4. The van der Waals surface area contributed by atoms with E-state index in [2.05, 4.69) is 0 Å². The lowest BCUT2D eigenvalue weighted by Crippen LogP contribution is -2.01. The molecule has 0 aliphatic heterocycles. The molecule has 104 valence electrons. The normalized spacial score (nSPS) is 10.1. The van der Waals surface area contributed by atoms with Crippen LogP contribution in [0.15, 0.2) is 48.5 Å². The van der Waals surface area contributed by atoms with Crippen molar-refractivity contribution in [3.05, 3.63) is 54.1 Å². The molecule has 1 N–H and O–H groups in total. The van der Waals surface area contributed by atoms with E-state index >= 15 is 0 Å². The summed E-state index contributed by atoms with van der Waals surface area (Å²) in [7, 11) is 0. The number of carboxylic acid groups (broad SMARTS) is 1. The third kappa shape index (κ3) is 3.29. The Morgan fingerprint density at radius 3 is 2.25 bits per heavy atom. The second-order valence-electron chi connectivity index (χ2n) is 4.20. The summed E-state index contributed by atoms with van der Waals surface area (Å²) in [5, 5.41) is 9.14. The highest BCUT2D eigenvalue weighted by atomic mass is 16.5. The van der Waals surface area contributed by atoms with Crippen molar-refractivity contribution in [3.8, 4) is 17.2 Å². The lowest BCUT2D eigenvalue weighted by molar-refractivity contribution is 0.0694. The molecule has 0 aromatic heterocycles. The van der Waals surface area contributed by atoms with Crippen molar-refractivity contribution in [1.29, 1.82) is 0 Å². The maximum Gasteiger partial charge on any atom is 0.339 e. The van der Waals surface area contributed by atoms with E-state index in [0.717, 1.165) is 6.42 Å². The molecule has 0 fully saturated rings. The predicted octanol–water partition coefficient (Wildman–Crippen LogP) is 3.97. The van der Waals surface area contributed by atoms with Gasteiger partial charge in [-0.15, -0.1) is 0 Å². The molecule has 0 radical (unpaired) electrons. The third-order valence-electron chi connectivity index (χ3n) is 2.65. The molecule has 0 saturated heterocycles. The van der Waals surface area contributed by atoms with Gasteiger partial charge in [0.05, 0.1) is 6.61 Å². The first-order chi connectivity index (χ1) is 9.72. The summed E-state index contributed by atoms with van der Waals surface area (Å²) in [6.45, 7) is 2.60. The topological polar surface area (TPSA) is 55.8 Å². The minimum absolute atomic E-state index is 0.123. The van der Waals surface area contributed by atoms with Gasteiger partial charge < -0.3 is 14.6 Å². The number of hydrogen-bond donors (Lipinski definition) is 1. The van der Waals surface area contributed by atoms with Gasteiger partial charge in [-0.05, 0) is 30.7 Å². The summed E-state index contributed by atoms with van der Waals surface area (Å²) in [6, 6.07) is 13.7. The summed E-state index contributed by atoms with van der Waals surface area (Å²) >= 11 is 0. The van der Waals surface area contributed by atoms with Gasteiger partial charge in [0.1, 0.15) is 11.3 Å². The van der Waals surface area contributed by atoms with Crippen LogP contribution in [0.5, 0.6) is 17.2 Å². The minimum Gasteiger partial charge on any atom is -0.490 e. The second-order valence-corrected chi connectivity index (χ2v) is 4.20. The van der Waals surface area contributed by atoms with Crippen LogP contribution in [-0.4, -0.2) is 17.7 Å². The van der Waals surface area contributed by atoms with E-state index in [0.29, 0.717) is 23.9 Å². The molecule has 2 aromatic carbocycles. The van der Waals surface area contributed by atoms with Gasteiger partial charge in [-0.25, -0.2) is 4.79 Å². The summed E-state index contributed by atoms with van der Waals surface area (Å²) in [5.74, 6) is 0.393. The molecule has 0 aliphatic rings. The lowest BCUT2D eigenvalue weighted by Gasteiger charge is -2.13. The van der Waals surface area contributed by atoms with Crippen LogP contribution < -0.4 is 9.47 Å². The summed E-state index contributed by atoms with van der Waals surface area (Å²) < 4.78 is 11.3. The zero-order valence-corrected chi connectivity index (χ0v) is 11.2. The Hall–Kier alpha value is -2.49. The highest BCUT2D eigenvalue weighted by Crippen LogP contribution is 2.32. The van der Waals surface area contributed by atoms with Gasteiger partial charge in [-0.2, -0.15) is 0 Å². The van der Waals surface area contributed by atoms with E-state index in [1.54, 1.807) is 30.3 Å². The van der Waals surface area contributed by atoms with Gasteiger partial charge >= 0.3 is 5.97 Å². The first-order valence-corrected chi connectivity index (χ1v) is 6.44. The molecule has 2 aromatic rings. The van der Waals surface area contributed by atoms with Gasteiger partial charge in [0.2, 0.25) is 0 Å². The van der Waals surface area contributed by atoms with Gasteiger partial charge in [0, 0.05) is 0 Å². The van der Waals surface area contributed by atoms with Crippen molar-refractivity contribution in [2.45, 2.75) is 13.3 Å². The van der Waals surface area contributed by atoms with E-state index in [9.17, 15) is 4.79 Å². The Labute approximate surface area is 117 Å². The first-order valence-electron chi connectivity index (χ1n) is 6.44. The van der Waals surface area contributed by atoms with Crippen LogP contribution in [0.2, 0.25) is 0 Å². The number of carbonyl (C=O) groups is 1. The maximum atomic E-state index is 11.2. The van der Waals surface area contributed by atoms with Gasteiger partial charge in [0.15, 0.2) is 11.5 Å². The number of para-hydroxylation sites is 3. The van der Waals surface area contributed by atoms with Gasteiger partial charge in [-0.1, -0.05) is 31.2 Å². The molecule has 4 nitrogen and oxygen atoms in total. The van der Waals surface area contributed by atoms with Gasteiger partial charge in [-0.3, -0.25) is 0 Å². The summed E-state index contributed by atoms with van der Waals surface area (Å²) in [6.07, 6.45) is 0.889. The Balaban J connectivity index is 2.28. The average Bonchev–Trinajstić information content (AvgIpc) is 2.47. The number of rotatable bonds is 6. The number of aromatic carboxylic acids is 1. The van der Waals surface area contributed by atoms with Gasteiger partial charge in [0.25, 0.3) is 0 Å². The van der Waals surface area contributed by atoms with E-state index in [1.165, 1.54) is 6.07 Å². The number of carboxylic acids is 1. The minimum atomic E-state index is -1.02. The highest BCUT2D eigenvalue weighted by molar-refractivity contribution is 5.90. The van der Waals surface area contributed by atoms with Crippen molar-refractivity contribution in [1.82, 2.24) is 0 Å². The van der Waals surface area contributed by atoms with Crippen molar-refractivity contribution in [3.63, 3.8) is 0 Å². The molecule has 0 spiro atoms. The first kappa shape index (κ1) is 13.9. The number of benzene rings is 2. The van der Waals surface area contributed by atoms with E-state index in [1.807, 2.05) is 19.1 Å². The molecule has 0 heterocycles. The molecule has 4 heteroatoms. The van der Waals surface area contributed by atoms with Crippen LogP contribution in [0.4, 0.5) is 0 Å². The maximum absolute atomic E-state index is 11.2. The molecule has 2 rings (SSSR count). The molecular formula is C16H16O4. The lowest BCUT2D eigenvalue weighted by atomic mass is 10.2. The van der Waals surface area contributed by atoms with E-state index < -0.39 is 5.97 Å². The molecular weight excluding hydrogens is 256 g/mol. The largest absolute Gasteiger partial charge is 0.490 e. The third-order valence-corrected chi connectivity index (χ3v) is 2.65. The fourth-order valence-corrected chi connectivity index (χ4v) is 1.72. The Bertz CT molecular complexity index is 593. The molecule has 0 unspecified atom stereocenters. The molecule has 0 amide bonds. The fraction of sp³-hybridized carbons (Fsp3) is 0.188. The average molecular weight is 272 g/mol. The zero-order valence-electron chi connectivity index (χ0n) is 11.2. The monoisotopic (exact) mass is 272 g/mol. The summed E-state index contributed by atoms with van der Waals surface area (Å²) in [5.41, 5.74) is 0.123. The van der Waals surface area contributed by atoms with Crippen LogP contribution in [-0.2, 0) is 0 Å². The smallest absolute Gasteiger partial charge is 0.339 e. The van der Waals surface area contributed by atoms with Crippen LogP contribution in [0.3, 0.4) is 0 Å². The summed E-state index contributed by atoms with van der Waals surface area (Å²) in [4.78, 5) is 11.2. The van der Waals surface area contributed by atoms with Crippen LogP contribution in [0.25, 0.3) is 0 Å². The van der Waals surface area contributed by atoms with Crippen LogP contribution >= 0.6 is 0 Å². The molecule has 0 aliphatic carbocycles. The Morgan fingerprint density at radius 2 is 1.60 bits per heavy atom. The molecule has 0 atom stereocenters. The second kappa shape index (κ2) is 6.61. The van der Waals surface area contributed by atoms with Crippen molar-refractivity contribution < 1.29 is 19.4 Å². The van der Waals surface area contributed by atoms with Crippen molar-refractivity contribution in [2.24, 2.45) is 0 Å². The molecule has 20 heavy (non-hydrogen) atoms. The molecule has 0 saturated carbocycles. The van der Waals surface area contributed by atoms with Crippen molar-refractivity contribution >= 4 is 5.97 Å². The van der Waals surface area contributed by atoms with E-state index in [-0.39, 0.29) is 5.56 Å². The van der Waals surface area contributed by atoms with Crippen LogP contribution in [0, 0.1) is 0 Å². The standard InChI is InChI=1S/C16H16O4/c1-2-11-19-14-9-5-6-10-15(14)20-13-8-4-3-7-12(13)16(17)18/h3-10H,2,11H2,1H3,(H,17,18). The quantitative estimate of drug-likeness (QED) is 0.864. The highest BCUT2D eigenvalue weighted by Gasteiger charge is 2.13. The fourth-order valence-electron chi connectivity index (χ4n) is 1.72. The molecule has 0 bridgehead atoms. The SMILES string of the molecule is CCCOc1ccccc1Oc1ccccc1C(=O)O. The van der Waals surface area contributed by atoms with Crippen LogP contribution in [0.1, 0.15) is 23.7 Å². The Kier molecular flexibility index (Phi) is 4.60. The number of hydrogen-bond acceptors (Lipinski definition) is 3.